The predicted molar refractivity (Wildman–Crippen MR) is 171 cm³/mol. The zero-order chi connectivity index (χ0) is 33.9. The molecule has 0 fully saturated rings. The van der Waals surface area contributed by atoms with Crippen LogP contribution in [0.5, 0.6) is 0 Å². The Morgan fingerprint density at radius 1 is 0.909 bits per heavy atom. The first kappa shape index (κ1) is 42.8. The molecule has 0 aliphatic rings. The molecule has 0 radical (unpaired) electrons. The molecule has 13 heteroatoms. The molecule has 0 aliphatic carbocycles. The maximum atomic E-state index is 12.6. The van der Waals surface area contributed by atoms with E-state index in [4.69, 9.17) is 4.84 Å². The monoisotopic (exact) mass is 627 g/mol. The van der Waals surface area contributed by atoms with E-state index >= 15 is 0 Å². The molecule has 0 saturated carbocycles. The van der Waals surface area contributed by atoms with Crippen LogP contribution in [0.25, 0.3) is 0 Å². The number of carbonyl (C=O) groups excluding carboxylic acids is 4. The van der Waals surface area contributed by atoms with Crippen molar-refractivity contribution in [2.75, 3.05) is 33.4 Å². The van der Waals surface area contributed by atoms with Crippen molar-refractivity contribution >= 4 is 23.6 Å². The van der Waals surface area contributed by atoms with Crippen molar-refractivity contribution in [3.05, 3.63) is 30.1 Å². The van der Waals surface area contributed by atoms with Crippen molar-refractivity contribution in [1.29, 1.82) is 0 Å². The maximum Gasteiger partial charge on any atom is 0.252 e. The first-order valence-electron chi connectivity index (χ1n) is 15.6. The number of carbonyl (C=O) groups is 4. The summed E-state index contributed by atoms with van der Waals surface area (Å²) in [5.41, 5.74) is 0.285. The second-order valence-electron chi connectivity index (χ2n) is 10.5. The predicted octanol–water partition coefficient (Wildman–Crippen LogP) is 0.612. The van der Waals surface area contributed by atoms with Crippen LogP contribution < -0.4 is 36.2 Å². The molecule has 0 spiro atoms. The fraction of sp³-hybridized carbons (Fsp3) is 0.710. The number of nitrogens with one attached hydrogen (secondary N) is 5. The lowest BCUT2D eigenvalue weighted by atomic mass is 10.0. The van der Waals surface area contributed by atoms with Crippen LogP contribution in [-0.4, -0.2) is 91.4 Å². The molecule has 1 heterocycles. The zero-order valence-corrected chi connectivity index (χ0v) is 28.1. The zero-order valence-electron chi connectivity index (χ0n) is 28.1. The average Bonchev–Trinajstić information content (AvgIpc) is 2.98. The van der Waals surface area contributed by atoms with Crippen LogP contribution in [0.2, 0.25) is 0 Å². The number of hydrogen-bond donors (Lipinski definition) is 7. The smallest absolute Gasteiger partial charge is 0.252 e. The van der Waals surface area contributed by atoms with Gasteiger partial charge in [0, 0.05) is 48.5 Å². The van der Waals surface area contributed by atoms with Gasteiger partial charge in [-0.1, -0.05) is 47.5 Å². The quantitative estimate of drug-likeness (QED) is 0.116. The van der Waals surface area contributed by atoms with E-state index in [1.807, 2.05) is 13.8 Å². The largest absolute Gasteiger partial charge is 0.396 e. The number of hydrogen-bond acceptors (Lipinski definition) is 8. The van der Waals surface area contributed by atoms with Crippen LogP contribution in [-0.2, 0) is 14.4 Å². The van der Waals surface area contributed by atoms with Gasteiger partial charge in [0.2, 0.25) is 30.1 Å². The highest BCUT2D eigenvalue weighted by Crippen LogP contribution is 2.06. The van der Waals surface area contributed by atoms with Crippen LogP contribution in [0.15, 0.2) is 24.5 Å². The number of nitrogens with zero attached hydrogens (tertiary/aromatic N) is 1. The Balaban J connectivity index is 0. The Morgan fingerprint density at radius 2 is 1.50 bits per heavy atom. The van der Waals surface area contributed by atoms with E-state index in [-0.39, 0.29) is 49.9 Å². The van der Waals surface area contributed by atoms with Crippen molar-refractivity contribution in [2.24, 2.45) is 0 Å². The molecule has 1 aromatic rings. The fourth-order valence-corrected chi connectivity index (χ4v) is 3.64. The highest BCUT2D eigenvalue weighted by molar-refractivity contribution is 5.97. The molecule has 44 heavy (non-hydrogen) atoms. The van der Waals surface area contributed by atoms with Gasteiger partial charge in [0.15, 0.2) is 0 Å². The summed E-state index contributed by atoms with van der Waals surface area (Å²) in [5, 5.41) is 32.9. The van der Waals surface area contributed by atoms with Gasteiger partial charge in [-0.05, 0) is 39.7 Å². The summed E-state index contributed by atoms with van der Waals surface area (Å²) in [7, 11) is 1.47. The molecule has 4 atom stereocenters. The Labute approximate surface area is 263 Å². The second kappa shape index (κ2) is 27.3. The van der Waals surface area contributed by atoms with Crippen LogP contribution in [0.4, 0.5) is 0 Å². The van der Waals surface area contributed by atoms with E-state index in [0.29, 0.717) is 13.0 Å². The molecular weight excluding hydrogens is 568 g/mol. The lowest BCUT2D eigenvalue weighted by Gasteiger charge is -2.21. The van der Waals surface area contributed by atoms with Crippen LogP contribution in [0.3, 0.4) is 0 Å². The average molecular weight is 628 g/mol. The van der Waals surface area contributed by atoms with E-state index in [9.17, 15) is 29.4 Å². The van der Waals surface area contributed by atoms with Crippen LogP contribution >= 0.6 is 0 Å². The summed E-state index contributed by atoms with van der Waals surface area (Å²) in [5.74, 6) is -1.83. The minimum Gasteiger partial charge on any atom is -0.396 e. The lowest BCUT2D eigenvalue weighted by molar-refractivity contribution is -0.885. The van der Waals surface area contributed by atoms with Gasteiger partial charge in [-0.3, -0.25) is 24.0 Å². The summed E-state index contributed by atoms with van der Waals surface area (Å²) in [6, 6.07) is 1.61. The highest BCUT2D eigenvalue weighted by Gasteiger charge is 2.23. The molecule has 4 amide bonds. The lowest BCUT2D eigenvalue weighted by Crippen LogP contribution is -2.50. The van der Waals surface area contributed by atoms with Gasteiger partial charge in [0.25, 0.3) is 5.91 Å². The molecule has 0 bridgehead atoms. The Morgan fingerprint density at radius 3 is 2.00 bits per heavy atom. The molecule has 13 nitrogen and oxygen atoms in total. The molecular formula is C31H59N6O7+. The fourth-order valence-electron chi connectivity index (χ4n) is 3.64. The van der Waals surface area contributed by atoms with Crippen LogP contribution in [0, 0.1) is 0 Å². The number of pyridine rings is 1. The number of rotatable bonds is 18. The van der Waals surface area contributed by atoms with E-state index in [1.54, 1.807) is 6.92 Å². The van der Waals surface area contributed by atoms with Crippen LogP contribution in [0.1, 0.15) is 97.3 Å². The summed E-state index contributed by atoms with van der Waals surface area (Å²) in [6.07, 6.45) is 5.52. The Bertz CT molecular complexity index is 913. The number of aliphatic hydroxyl groups excluding tert-OH is 2. The third-order valence-electron chi connectivity index (χ3n) is 5.61. The van der Waals surface area contributed by atoms with Gasteiger partial charge in [-0.2, -0.15) is 0 Å². The van der Waals surface area contributed by atoms with E-state index in [1.165, 1.54) is 49.2 Å². The van der Waals surface area contributed by atoms with Crippen molar-refractivity contribution in [2.45, 2.75) is 111 Å². The minimum atomic E-state index is -1.06. The summed E-state index contributed by atoms with van der Waals surface area (Å²) in [4.78, 5) is 54.8. The van der Waals surface area contributed by atoms with Gasteiger partial charge >= 0.3 is 0 Å². The Hall–Kier alpha value is -3.29. The molecule has 4 unspecified atom stereocenters. The third-order valence-corrected chi connectivity index (χ3v) is 5.61. The molecule has 0 saturated heterocycles. The summed E-state index contributed by atoms with van der Waals surface area (Å²) >= 11 is 0. The molecule has 254 valence electrons. The summed E-state index contributed by atoms with van der Waals surface area (Å²) in [6.45, 7) is 14.6. The molecule has 0 aliphatic heterocycles. The van der Waals surface area contributed by atoms with Gasteiger partial charge in [0.1, 0.15) is 13.2 Å². The highest BCUT2D eigenvalue weighted by atomic mass is 16.6. The second-order valence-corrected chi connectivity index (χ2v) is 10.5. The Kier molecular flexibility index (Phi) is 26.6. The number of amides is 4. The molecule has 0 aromatic carbocycles. The molecule has 1 aromatic heterocycles. The molecule has 7 N–H and O–H groups in total. The first-order valence-corrected chi connectivity index (χ1v) is 15.6. The topological polar surface area (TPSA) is 182 Å². The van der Waals surface area contributed by atoms with Gasteiger partial charge in [0.05, 0.1) is 18.2 Å². The van der Waals surface area contributed by atoms with E-state index in [0.717, 1.165) is 6.54 Å². The first-order chi connectivity index (χ1) is 20.9. The van der Waals surface area contributed by atoms with Crippen molar-refractivity contribution in [3.63, 3.8) is 0 Å². The van der Waals surface area contributed by atoms with E-state index in [2.05, 4.69) is 54.3 Å². The van der Waals surface area contributed by atoms with Gasteiger partial charge in [-0.15, -0.1) is 0 Å². The third kappa shape index (κ3) is 22.3. The van der Waals surface area contributed by atoms with Gasteiger partial charge in [-0.25, -0.2) is 0 Å². The minimum absolute atomic E-state index is 0.0454. The standard InChI is InChI=1S/C25H42N6O7.2C3H8/c1-5-26-17(2)15-27-22(34)7-6-20(14-18(3)33)29-23(35)16-28-25(37)21(10-13-32)30-24(36)19-8-11-31(38-4)12-9-19;2*1-3-2/h8-9,11-12,17-18,20-21,26,32-33H,5-7,10,13-16H2,1-4H3,(H3-,27,28,29,30,34,35,36,37);2*3H2,1-2H3/p+1. The maximum absolute atomic E-state index is 12.6. The van der Waals surface area contributed by atoms with Gasteiger partial charge < -0.3 is 36.8 Å². The SMILES string of the molecule is CCC.CCC.CCNC(C)CNC(=O)CCC(CC(C)O)NC(=O)CNC(=O)C(CCO)NC(=O)c1cc[n+](OC)cc1. The summed E-state index contributed by atoms with van der Waals surface area (Å²) < 4.78 is 1.38. The number of aromatic nitrogens is 1. The normalized spacial score (nSPS) is 12.9. The van der Waals surface area contributed by atoms with Crippen molar-refractivity contribution in [3.8, 4) is 0 Å². The molecule has 1 rings (SSSR count). The van der Waals surface area contributed by atoms with Crippen molar-refractivity contribution < 1.29 is 39.0 Å². The van der Waals surface area contributed by atoms with Crippen molar-refractivity contribution in [1.82, 2.24) is 26.6 Å². The van der Waals surface area contributed by atoms with E-state index < -0.39 is 35.9 Å². The number of likely N-dealkylation sites (N-methyl/N-ethyl adjacent to an activating group) is 1. The number of aliphatic hydroxyl groups is 2.